The summed E-state index contributed by atoms with van der Waals surface area (Å²) in [6, 6.07) is 14.8. The van der Waals surface area contributed by atoms with E-state index in [-0.39, 0.29) is 0 Å². The minimum absolute atomic E-state index is 0.318. The number of rotatable bonds is 5. The van der Waals surface area contributed by atoms with Gasteiger partial charge in [0.2, 0.25) is 0 Å². The molecular weight excluding hydrogens is 368 g/mol. The number of para-hydroxylation sites is 1. The molecule has 0 atom stereocenters. The van der Waals surface area contributed by atoms with Crippen LogP contribution in [-0.4, -0.2) is 30.4 Å². The van der Waals surface area contributed by atoms with Gasteiger partial charge in [0.1, 0.15) is 0 Å². The van der Waals surface area contributed by atoms with Gasteiger partial charge in [0.05, 0.1) is 16.1 Å². The molecule has 2 aromatic carbocycles. The second kappa shape index (κ2) is 7.22. The molecule has 0 radical (unpaired) electrons. The zero-order chi connectivity index (χ0) is 19.9. The molecule has 0 unspecified atom stereocenters. The molecule has 4 nitrogen and oxygen atoms in total. The molecule has 0 N–H and O–H groups in total. The molecular formula is C23H26N2O2S. The van der Waals surface area contributed by atoms with Crippen LogP contribution >= 0.6 is 0 Å². The average Bonchev–Trinajstić information content (AvgIpc) is 3.02. The molecule has 28 heavy (non-hydrogen) atoms. The van der Waals surface area contributed by atoms with Crippen molar-refractivity contribution >= 4 is 26.5 Å². The predicted octanol–water partition coefficient (Wildman–Crippen LogP) is 4.82. The molecule has 1 aliphatic rings. The van der Waals surface area contributed by atoms with E-state index in [9.17, 15) is 8.42 Å². The summed E-state index contributed by atoms with van der Waals surface area (Å²) in [6.45, 7) is 10.8. The summed E-state index contributed by atoms with van der Waals surface area (Å²) in [5.74, 6) is 0. The summed E-state index contributed by atoms with van der Waals surface area (Å²) in [5, 5.41) is 0.966. The molecule has 0 amide bonds. The fourth-order valence-electron chi connectivity index (χ4n) is 4.05. The van der Waals surface area contributed by atoms with Crippen LogP contribution in [0.2, 0.25) is 0 Å². The second-order valence-electron chi connectivity index (χ2n) is 7.59. The first-order valence-electron chi connectivity index (χ1n) is 9.78. The van der Waals surface area contributed by atoms with E-state index in [0.717, 1.165) is 59.2 Å². The third-order valence-electron chi connectivity index (χ3n) is 5.45. The van der Waals surface area contributed by atoms with Crippen molar-refractivity contribution in [1.82, 2.24) is 8.87 Å². The Balaban J connectivity index is 1.94. The van der Waals surface area contributed by atoms with Crippen molar-refractivity contribution in [1.29, 1.82) is 0 Å². The van der Waals surface area contributed by atoms with Gasteiger partial charge >= 0.3 is 0 Å². The zero-order valence-corrected chi connectivity index (χ0v) is 17.3. The molecule has 0 fully saturated rings. The number of benzene rings is 2. The lowest BCUT2D eigenvalue weighted by Crippen LogP contribution is -2.32. The Bertz CT molecular complexity index is 1140. The van der Waals surface area contributed by atoms with Crippen molar-refractivity contribution in [3.63, 3.8) is 0 Å². The molecule has 0 saturated carbocycles. The number of unbranched alkanes of at least 4 members (excludes halogenated alkanes) is 1. The van der Waals surface area contributed by atoms with Crippen LogP contribution in [0, 0.1) is 6.92 Å². The summed E-state index contributed by atoms with van der Waals surface area (Å²) in [7, 11) is -3.70. The van der Waals surface area contributed by atoms with Gasteiger partial charge in [0.15, 0.2) is 0 Å². The van der Waals surface area contributed by atoms with Crippen LogP contribution in [0.25, 0.3) is 16.5 Å². The fourth-order valence-corrected chi connectivity index (χ4v) is 5.60. The first-order chi connectivity index (χ1) is 13.4. The maximum atomic E-state index is 13.6. The molecule has 0 aliphatic carbocycles. The summed E-state index contributed by atoms with van der Waals surface area (Å²) >= 11 is 0. The van der Waals surface area contributed by atoms with E-state index in [2.05, 4.69) is 18.4 Å². The number of nitrogens with zero attached hydrogens (tertiary/aromatic N) is 2. The molecule has 0 bridgehead atoms. The number of hydrogen-bond donors (Lipinski definition) is 0. The zero-order valence-electron chi connectivity index (χ0n) is 16.5. The van der Waals surface area contributed by atoms with Gasteiger partial charge in [0, 0.05) is 24.0 Å². The summed E-state index contributed by atoms with van der Waals surface area (Å²) in [6.07, 6.45) is 2.20. The Kier molecular flexibility index (Phi) is 4.89. The Morgan fingerprint density at radius 1 is 1.04 bits per heavy atom. The van der Waals surface area contributed by atoms with Crippen LogP contribution in [0.5, 0.6) is 0 Å². The van der Waals surface area contributed by atoms with Crippen LogP contribution in [0.4, 0.5) is 0 Å². The van der Waals surface area contributed by atoms with Gasteiger partial charge in [-0.05, 0) is 43.7 Å². The Labute approximate surface area is 167 Å². The van der Waals surface area contributed by atoms with E-state index in [1.807, 2.05) is 43.3 Å². The van der Waals surface area contributed by atoms with Gasteiger partial charge in [0.25, 0.3) is 10.0 Å². The molecule has 0 saturated heterocycles. The Hall–Kier alpha value is -2.37. The van der Waals surface area contributed by atoms with Crippen molar-refractivity contribution in [2.45, 2.75) is 38.1 Å². The molecule has 0 spiro atoms. The summed E-state index contributed by atoms with van der Waals surface area (Å²) in [5.41, 5.74) is 4.59. The number of fused-ring (bicyclic) bond motifs is 3. The lowest BCUT2D eigenvalue weighted by atomic mass is 9.99. The van der Waals surface area contributed by atoms with Crippen LogP contribution in [0.15, 0.2) is 60.0 Å². The monoisotopic (exact) mass is 394 g/mol. The maximum Gasteiger partial charge on any atom is 0.268 e. The number of aromatic nitrogens is 1. The smallest absolute Gasteiger partial charge is 0.268 e. The molecule has 5 heteroatoms. The highest BCUT2D eigenvalue weighted by Crippen LogP contribution is 2.38. The van der Waals surface area contributed by atoms with Crippen molar-refractivity contribution in [3.05, 3.63) is 71.9 Å². The van der Waals surface area contributed by atoms with Gasteiger partial charge in [-0.15, -0.1) is 0 Å². The van der Waals surface area contributed by atoms with Crippen molar-refractivity contribution in [2.24, 2.45) is 0 Å². The third kappa shape index (κ3) is 3.09. The van der Waals surface area contributed by atoms with Crippen molar-refractivity contribution in [3.8, 4) is 0 Å². The minimum atomic E-state index is -3.70. The molecule has 2 heterocycles. The molecule has 1 aromatic heterocycles. The van der Waals surface area contributed by atoms with Crippen LogP contribution in [-0.2, 0) is 16.6 Å². The van der Waals surface area contributed by atoms with E-state index in [0.29, 0.717) is 11.4 Å². The normalized spacial score (nSPS) is 15.1. The van der Waals surface area contributed by atoms with E-state index in [1.165, 1.54) is 0 Å². The predicted molar refractivity (Wildman–Crippen MR) is 115 cm³/mol. The average molecular weight is 395 g/mol. The molecule has 1 aliphatic heterocycles. The second-order valence-corrected chi connectivity index (χ2v) is 9.38. The van der Waals surface area contributed by atoms with Crippen molar-refractivity contribution in [2.75, 3.05) is 13.1 Å². The van der Waals surface area contributed by atoms with Crippen LogP contribution < -0.4 is 0 Å². The van der Waals surface area contributed by atoms with E-state index in [4.69, 9.17) is 0 Å². The molecule has 146 valence electrons. The highest BCUT2D eigenvalue weighted by molar-refractivity contribution is 7.90. The van der Waals surface area contributed by atoms with Gasteiger partial charge in [-0.2, -0.15) is 0 Å². The first-order valence-corrected chi connectivity index (χ1v) is 11.2. The lowest BCUT2D eigenvalue weighted by Gasteiger charge is -2.29. The Morgan fingerprint density at radius 2 is 1.75 bits per heavy atom. The van der Waals surface area contributed by atoms with E-state index in [1.54, 1.807) is 16.1 Å². The SMILES string of the molecule is C=C1CN(CCCC)Cc2c1c1ccccc1n2S(=O)(=O)c1ccc(C)cc1. The number of hydrogen-bond acceptors (Lipinski definition) is 3. The molecule has 4 rings (SSSR count). The topological polar surface area (TPSA) is 42.3 Å². The van der Waals surface area contributed by atoms with Crippen molar-refractivity contribution < 1.29 is 8.42 Å². The van der Waals surface area contributed by atoms with E-state index < -0.39 is 10.0 Å². The van der Waals surface area contributed by atoms with Crippen LogP contribution in [0.1, 0.15) is 36.6 Å². The quantitative estimate of drug-likeness (QED) is 0.623. The lowest BCUT2D eigenvalue weighted by molar-refractivity contribution is 0.282. The first kappa shape index (κ1) is 19.0. The van der Waals surface area contributed by atoms with Gasteiger partial charge in [-0.3, -0.25) is 4.90 Å². The van der Waals surface area contributed by atoms with E-state index >= 15 is 0 Å². The summed E-state index contributed by atoms with van der Waals surface area (Å²) < 4.78 is 28.8. The number of aryl methyl sites for hydroxylation is 1. The molecule has 3 aromatic rings. The minimum Gasteiger partial charge on any atom is -0.293 e. The largest absolute Gasteiger partial charge is 0.293 e. The van der Waals surface area contributed by atoms with Crippen LogP contribution in [0.3, 0.4) is 0 Å². The Morgan fingerprint density at radius 3 is 2.46 bits per heavy atom. The van der Waals surface area contributed by atoms with Gasteiger partial charge in [-0.1, -0.05) is 55.8 Å². The highest BCUT2D eigenvalue weighted by atomic mass is 32.2. The van der Waals surface area contributed by atoms with Gasteiger partial charge in [-0.25, -0.2) is 12.4 Å². The standard InChI is InChI=1S/C23H26N2O2S/c1-4-5-14-24-15-18(3)23-20-8-6-7-9-21(20)25(22(23)16-24)28(26,27)19-12-10-17(2)11-13-19/h6-13H,3-5,14-16H2,1-2H3. The highest BCUT2D eigenvalue weighted by Gasteiger charge is 2.31. The summed E-state index contributed by atoms with van der Waals surface area (Å²) in [4.78, 5) is 2.62. The third-order valence-corrected chi connectivity index (χ3v) is 7.22. The maximum absolute atomic E-state index is 13.6. The fraction of sp³-hybridized carbons (Fsp3) is 0.304. The van der Waals surface area contributed by atoms with Gasteiger partial charge < -0.3 is 0 Å².